The Balaban J connectivity index is 2.35. The Kier molecular flexibility index (Phi) is 2.17. The largest absolute Gasteiger partial charge is 0.384 e. The zero-order valence-electron chi connectivity index (χ0n) is 7.81. The normalized spacial score (nSPS) is 15.4. The minimum atomic E-state index is -0.406. The van der Waals surface area contributed by atoms with E-state index in [-0.39, 0.29) is 11.5 Å². The lowest BCUT2D eigenvalue weighted by Gasteiger charge is -2.24. The van der Waals surface area contributed by atoms with Gasteiger partial charge in [-0.2, -0.15) is 5.12 Å². The molecule has 5 nitrogen and oxygen atoms in total. The molecule has 0 radical (unpaired) electrons. The molecular weight excluding hydrogens is 197 g/mol. The summed E-state index contributed by atoms with van der Waals surface area (Å²) in [4.78, 5) is 0. The standard InChI is InChI=1S/C9H10FN5/c10-6-3-1-2-4-7(6)15-13-8(11)5-9(12)14-15/h1-5,13H,11H2,(H2,12,14). The molecule has 0 atom stereocenters. The fraction of sp³-hybridized carbons (Fsp3) is 0. The second kappa shape index (κ2) is 3.49. The van der Waals surface area contributed by atoms with Crippen LogP contribution in [0.3, 0.4) is 0 Å². The van der Waals surface area contributed by atoms with Gasteiger partial charge in [-0.25, -0.2) is 4.39 Å². The summed E-state index contributed by atoms with van der Waals surface area (Å²) in [5, 5.41) is 5.08. The van der Waals surface area contributed by atoms with Gasteiger partial charge < -0.3 is 11.5 Å². The van der Waals surface area contributed by atoms with Crippen molar-refractivity contribution in [2.75, 3.05) is 5.12 Å². The topological polar surface area (TPSA) is 79.7 Å². The predicted octanol–water partition coefficient (Wildman–Crippen LogP) is 0.223. The Morgan fingerprint density at radius 2 is 2.00 bits per heavy atom. The maximum Gasteiger partial charge on any atom is 0.150 e. The smallest absolute Gasteiger partial charge is 0.150 e. The van der Waals surface area contributed by atoms with Crippen molar-refractivity contribution in [2.45, 2.75) is 0 Å². The minimum Gasteiger partial charge on any atom is -0.384 e. The lowest BCUT2D eigenvalue weighted by molar-refractivity contribution is 0.606. The fourth-order valence-electron chi connectivity index (χ4n) is 1.22. The van der Waals surface area contributed by atoms with Crippen LogP contribution in [0.4, 0.5) is 10.1 Å². The molecule has 5 N–H and O–H groups in total. The maximum atomic E-state index is 13.4. The monoisotopic (exact) mass is 207 g/mol. The van der Waals surface area contributed by atoms with Gasteiger partial charge in [0.15, 0.2) is 5.82 Å². The molecule has 0 aliphatic carbocycles. The van der Waals surface area contributed by atoms with Gasteiger partial charge in [-0.05, 0) is 12.1 Å². The highest BCUT2D eigenvalue weighted by atomic mass is 19.1. The van der Waals surface area contributed by atoms with Crippen LogP contribution in [0.5, 0.6) is 0 Å². The Bertz CT molecular complexity index is 440. The van der Waals surface area contributed by atoms with Gasteiger partial charge in [0, 0.05) is 6.08 Å². The number of hydrogen-bond donors (Lipinski definition) is 3. The van der Waals surface area contributed by atoms with Gasteiger partial charge in [-0.15, -0.1) is 5.10 Å². The van der Waals surface area contributed by atoms with Crippen molar-refractivity contribution in [3.8, 4) is 0 Å². The lowest BCUT2D eigenvalue weighted by atomic mass is 10.3. The Hall–Kier alpha value is -2.24. The van der Waals surface area contributed by atoms with Crippen molar-refractivity contribution in [3.63, 3.8) is 0 Å². The first kappa shape index (κ1) is 9.32. The molecule has 0 saturated heterocycles. The highest BCUT2D eigenvalue weighted by Crippen LogP contribution is 2.18. The first-order valence-electron chi connectivity index (χ1n) is 4.29. The number of nitrogens with two attached hydrogens (primary N) is 2. The van der Waals surface area contributed by atoms with E-state index in [2.05, 4.69) is 10.5 Å². The van der Waals surface area contributed by atoms with Gasteiger partial charge in [-0.1, -0.05) is 12.1 Å². The van der Waals surface area contributed by atoms with Gasteiger partial charge in [0.2, 0.25) is 0 Å². The Labute approximate surface area is 85.8 Å². The third kappa shape index (κ3) is 1.83. The number of nitrogens with zero attached hydrogens (tertiary/aromatic N) is 2. The molecule has 2 rings (SSSR count). The van der Waals surface area contributed by atoms with Crippen LogP contribution < -0.4 is 22.0 Å². The van der Waals surface area contributed by atoms with E-state index in [0.717, 1.165) is 0 Å². The highest BCUT2D eigenvalue weighted by molar-refractivity contribution is 5.93. The van der Waals surface area contributed by atoms with Crippen LogP contribution in [0.15, 0.2) is 41.3 Å². The molecule has 78 valence electrons. The number of hydrazine groups is 1. The van der Waals surface area contributed by atoms with Crippen molar-refractivity contribution >= 4 is 11.5 Å². The van der Waals surface area contributed by atoms with Crippen molar-refractivity contribution in [3.05, 3.63) is 42.0 Å². The van der Waals surface area contributed by atoms with E-state index in [0.29, 0.717) is 5.82 Å². The molecule has 6 heteroatoms. The molecule has 1 aromatic rings. The van der Waals surface area contributed by atoms with E-state index in [9.17, 15) is 4.39 Å². The third-order valence-corrected chi connectivity index (χ3v) is 1.83. The van der Waals surface area contributed by atoms with Crippen molar-refractivity contribution < 1.29 is 4.39 Å². The first-order chi connectivity index (χ1) is 7.16. The molecule has 0 fully saturated rings. The number of hydrogen-bond acceptors (Lipinski definition) is 5. The number of para-hydroxylation sites is 1. The van der Waals surface area contributed by atoms with Crippen LogP contribution in [0.2, 0.25) is 0 Å². The number of halogens is 1. The van der Waals surface area contributed by atoms with Gasteiger partial charge in [0.05, 0.1) is 0 Å². The Morgan fingerprint density at radius 3 is 2.67 bits per heavy atom. The second-order valence-corrected chi connectivity index (χ2v) is 3.00. The third-order valence-electron chi connectivity index (χ3n) is 1.83. The van der Waals surface area contributed by atoms with Crippen LogP contribution in [0.1, 0.15) is 0 Å². The van der Waals surface area contributed by atoms with Crippen molar-refractivity contribution in [2.24, 2.45) is 16.6 Å². The fourth-order valence-corrected chi connectivity index (χ4v) is 1.22. The summed E-state index contributed by atoms with van der Waals surface area (Å²) in [7, 11) is 0. The van der Waals surface area contributed by atoms with Gasteiger partial charge in [0.1, 0.15) is 17.3 Å². The number of nitrogens with one attached hydrogen (secondary N) is 1. The van der Waals surface area contributed by atoms with E-state index in [1.165, 1.54) is 17.3 Å². The highest BCUT2D eigenvalue weighted by Gasteiger charge is 2.14. The molecule has 0 unspecified atom stereocenters. The van der Waals surface area contributed by atoms with Gasteiger partial charge in [0.25, 0.3) is 0 Å². The maximum absolute atomic E-state index is 13.4. The van der Waals surface area contributed by atoms with Gasteiger partial charge >= 0.3 is 0 Å². The van der Waals surface area contributed by atoms with Crippen molar-refractivity contribution in [1.82, 2.24) is 5.43 Å². The molecule has 0 spiro atoms. The van der Waals surface area contributed by atoms with Gasteiger partial charge in [-0.3, -0.25) is 5.43 Å². The molecule has 0 saturated carbocycles. The molecule has 1 aromatic carbocycles. The average Bonchev–Trinajstić information content (AvgIpc) is 2.16. The average molecular weight is 207 g/mol. The number of anilines is 1. The van der Waals surface area contributed by atoms with Crippen LogP contribution >= 0.6 is 0 Å². The zero-order chi connectivity index (χ0) is 10.8. The lowest BCUT2D eigenvalue weighted by Crippen LogP contribution is -2.42. The number of hydrazone groups is 1. The van der Waals surface area contributed by atoms with Crippen LogP contribution in [-0.4, -0.2) is 5.84 Å². The van der Waals surface area contributed by atoms with E-state index in [4.69, 9.17) is 11.5 Å². The van der Waals surface area contributed by atoms with E-state index >= 15 is 0 Å². The molecule has 0 aromatic heterocycles. The number of rotatable bonds is 1. The summed E-state index contributed by atoms with van der Waals surface area (Å²) in [6.45, 7) is 0. The SMILES string of the molecule is NC1=CC(N)=NN(c2ccccc2F)N1. The van der Waals surface area contributed by atoms with Crippen LogP contribution in [-0.2, 0) is 0 Å². The molecule has 1 aliphatic rings. The van der Waals surface area contributed by atoms with E-state index in [1.807, 2.05) is 0 Å². The summed E-state index contributed by atoms with van der Waals surface area (Å²) in [5.41, 5.74) is 13.9. The zero-order valence-corrected chi connectivity index (χ0v) is 7.81. The number of benzene rings is 1. The molecule has 0 bridgehead atoms. The quantitative estimate of drug-likeness (QED) is 0.615. The Morgan fingerprint density at radius 1 is 1.27 bits per heavy atom. The number of amidine groups is 1. The first-order valence-corrected chi connectivity index (χ1v) is 4.29. The molecule has 1 heterocycles. The predicted molar refractivity (Wildman–Crippen MR) is 55.9 cm³/mol. The molecular formula is C9H10FN5. The molecule has 0 amide bonds. The van der Waals surface area contributed by atoms with E-state index < -0.39 is 5.82 Å². The summed E-state index contributed by atoms with van der Waals surface area (Å²) in [6, 6.07) is 6.18. The molecule has 1 aliphatic heterocycles. The summed E-state index contributed by atoms with van der Waals surface area (Å²) in [6.07, 6.45) is 1.46. The van der Waals surface area contributed by atoms with Crippen LogP contribution in [0.25, 0.3) is 0 Å². The summed E-state index contributed by atoms with van der Waals surface area (Å²) < 4.78 is 13.4. The summed E-state index contributed by atoms with van der Waals surface area (Å²) >= 11 is 0. The second-order valence-electron chi connectivity index (χ2n) is 3.00. The molecule has 15 heavy (non-hydrogen) atoms. The van der Waals surface area contributed by atoms with E-state index in [1.54, 1.807) is 18.2 Å². The summed E-state index contributed by atoms with van der Waals surface area (Å²) in [5.74, 6) is 0.122. The van der Waals surface area contributed by atoms with Crippen molar-refractivity contribution in [1.29, 1.82) is 0 Å². The van der Waals surface area contributed by atoms with Crippen LogP contribution in [0, 0.1) is 5.82 Å². The minimum absolute atomic E-state index is 0.217.